The zero-order valence-corrected chi connectivity index (χ0v) is 18.8. The highest BCUT2D eigenvalue weighted by Gasteiger charge is 2.27. The Balaban J connectivity index is 1.53. The number of methoxy groups -OCH3 is 1. The summed E-state index contributed by atoms with van der Waals surface area (Å²) in [4.78, 5) is 29.2. The van der Waals surface area contributed by atoms with E-state index in [-0.39, 0.29) is 11.8 Å². The Morgan fingerprint density at radius 3 is 2.48 bits per heavy atom. The van der Waals surface area contributed by atoms with Gasteiger partial charge in [0.25, 0.3) is 5.91 Å². The van der Waals surface area contributed by atoms with Crippen LogP contribution in [0.2, 0.25) is 0 Å². The fraction of sp³-hybridized carbons (Fsp3) is 0.522. The molecule has 1 aliphatic heterocycles. The number of nitrogens with one attached hydrogen (secondary N) is 1. The van der Waals surface area contributed by atoms with Gasteiger partial charge in [-0.1, -0.05) is 30.3 Å². The molecule has 1 aliphatic rings. The highest BCUT2D eigenvalue weighted by molar-refractivity contribution is 5.96. The lowest BCUT2D eigenvalue weighted by Crippen LogP contribution is -2.51. The van der Waals surface area contributed by atoms with Gasteiger partial charge in [-0.3, -0.25) is 19.2 Å². The van der Waals surface area contributed by atoms with Crippen LogP contribution in [0, 0.1) is 13.8 Å². The van der Waals surface area contributed by atoms with Crippen molar-refractivity contribution in [3.8, 4) is 0 Å². The smallest absolute Gasteiger partial charge is 0.257 e. The lowest BCUT2D eigenvalue weighted by molar-refractivity contribution is -0.122. The summed E-state index contributed by atoms with van der Waals surface area (Å²) in [7, 11) is 1.65. The summed E-state index contributed by atoms with van der Waals surface area (Å²) >= 11 is 0. The quantitative estimate of drug-likeness (QED) is 0.613. The van der Waals surface area contributed by atoms with Crippen molar-refractivity contribution >= 4 is 11.8 Å². The highest BCUT2D eigenvalue weighted by Crippen LogP contribution is 2.18. The molecule has 1 saturated heterocycles. The third kappa shape index (κ3) is 6.15. The summed E-state index contributed by atoms with van der Waals surface area (Å²) in [5.41, 5.74) is 3.50. The van der Waals surface area contributed by atoms with E-state index in [1.807, 2.05) is 41.6 Å². The molecule has 1 N–H and O–H groups in total. The van der Waals surface area contributed by atoms with Gasteiger partial charge in [-0.25, -0.2) is 0 Å². The number of benzene rings is 1. The van der Waals surface area contributed by atoms with E-state index in [1.54, 1.807) is 7.11 Å². The lowest BCUT2D eigenvalue weighted by atomic mass is 10.1. The van der Waals surface area contributed by atoms with Gasteiger partial charge in [0, 0.05) is 52.1 Å². The van der Waals surface area contributed by atoms with E-state index in [2.05, 4.69) is 27.4 Å². The Labute approximate surface area is 184 Å². The molecule has 0 radical (unpaired) electrons. The Hall–Kier alpha value is -2.71. The predicted molar refractivity (Wildman–Crippen MR) is 119 cm³/mol. The Bertz CT molecular complexity index is 873. The summed E-state index contributed by atoms with van der Waals surface area (Å²) in [6.45, 7) is 8.72. The molecule has 2 aromatic rings. The maximum Gasteiger partial charge on any atom is 0.257 e. The molecule has 2 amide bonds. The second-order valence-corrected chi connectivity index (χ2v) is 7.95. The van der Waals surface area contributed by atoms with Crippen LogP contribution in [0.3, 0.4) is 0 Å². The molecule has 0 saturated carbocycles. The van der Waals surface area contributed by atoms with Crippen molar-refractivity contribution < 1.29 is 14.3 Å². The number of ether oxygens (including phenoxy) is 1. The third-order valence-electron chi connectivity index (χ3n) is 5.64. The van der Waals surface area contributed by atoms with Crippen molar-refractivity contribution in [1.82, 2.24) is 24.9 Å². The van der Waals surface area contributed by atoms with Gasteiger partial charge in [-0.05, 0) is 25.8 Å². The molecule has 3 rings (SSSR count). The van der Waals surface area contributed by atoms with Crippen molar-refractivity contribution in [3.05, 3.63) is 52.8 Å². The molecule has 0 aliphatic carbocycles. The van der Waals surface area contributed by atoms with Gasteiger partial charge in [-0.15, -0.1) is 0 Å². The maximum absolute atomic E-state index is 13.2. The second-order valence-electron chi connectivity index (χ2n) is 7.95. The molecular formula is C23H33N5O3. The van der Waals surface area contributed by atoms with Gasteiger partial charge < -0.3 is 15.0 Å². The van der Waals surface area contributed by atoms with E-state index in [0.29, 0.717) is 58.0 Å². The summed E-state index contributed by atoms with van der Waals surface area (Å²) in [5, 5.41) is 7.52. The normalized spacial score (nSPS) is 14.6. The number of nitrogens with zero attached hydrogens (tertiary/aromatic N) is 4. The molecule has 168 valence electrons. The first-order valence-electron chi connectivity index (χ1n) is 10.8. The Morgan fingerprint density at radius 1 is 1.10 bits per heavy atom. The van der Waals surface area contributed by atoms with Crippen LogP contribution < -0.4 is 5.32 Å². The molecule has 0 bridgehead atoms. The molecule has 31 heavy (non-hydrogen) atoms. The monoisotopic (exact) mass is 427 g/mol. The van der Waals surface area contributed by atoms with Crippen LogP contribution in [-0.2, 0) is 16.1 Å². The number of aryl methyl sites for hydroxylation is 1. The van der Waals surface area contributed by atoms with Crippen LogP contribution >= 0.6 is 0 Å². The van der Waals surface area contributed by atoms with Gasteiger partial charge in [0.15, 0.2) is 0 Å². The van der Waals surface area contributed by atoms with Crippen LogP contribution in [0.25, 0.3) is 0 Å². The minimum Gasteiger partial charge on any atom is -0.385 e. The topological polar surface area (TPSA) is 79.7 Å². The standard InChI is InChI=1S/C23H33N5O3/c1-18-22(19(2)28(25-18)16-20-8-5-4-6-9-20)23(30)27-13-11-26(12-14-27)17-21(29)24-10-7-15-31-3/h4-6,8-9H,7,10-17H2,1-3H3,(H,24,29). The minimum atomic E-state index is 0.0183. The SMILES string of the molecule is COCCCNC(=O)CN1CCN(C(=O)c2c(C)nn(Cc3ccccc3)c2C)CC1. The van der Waals surface area contributed by atoms with Gasteiger partial charge >= 0.3 is 0 Å². The summed E-state index contributed by atoms with van der Waals surface area (Å²) in [6.07, 6.45) is 0.807. The maximum atomic E-state index is 13.2. The fourth-order valence-electron chi connectivity index (χ4n) is 3.89. The number of rotatable bonds is 9. The first-order chi connectivity index (χ1) is 15.0. The molecule has 2 heterocycles. The summed E-state index contributed by atoms with van der Waals surface area (Å²) in [5.74, 6) is 0.0442. The molecule has 0 spiro atoms. The van der Waals surface area contributed by atoms with Crippen LogP contribution in [0.1, 0.15) is 33.7 Å². The predicted octanol–water partition coefficient (Wildman–Crippen LogP) is 1.46. The molecule has 8 heteroatoms. The van der Waals surface area contributed by atoms with Gasteiger partial charge in [0.05, 0.1) is 24.3 Å². The number of aromatic nitrogens is 2. The van der Waals surface area contributed by atoms with Gasteiger partial charge in [-0.2, -0.15) is 5.10 Å². The highest BCUT2D eigenvalue weighted by atomic mass is 16.5. The van der Waals surface area contributed by atoms with Crippen molar-refractivity contribution in [2.45, 2.75) is 26.8 Å². The van der Waals surface area contributed by atoms with Crippen molar-refractivity contribution in [2.24, 2.45) is 0 Å². The zero-order valence-electron chi connectivity index (χ0n) is 18.8. The van der Waals surface area contributed by atoms with Crippen LogP contribution in [0.5, 0.6) is 0 Å². The van der Waals surface area contributed by atoms with Crippen LogP contribution in [0.15, 0.2) is 30.3 Å². The largest absolute Gasteiger partial charge is 0.385 e. The number of hydrogen-bond donors (Lipinski definition) is 1. The first-order valence-corrected chi connectivity index (χ1v) is 10.8. The molecule has 1 aromatic heterocycles. The molecule has 0 unspecified atom stereocenters. The van der Waals surface area contributed by atoms with Crippen molar-refractivity contribution in [1.29, 1.82) is 0 Å². The van der Waals surface area contributed by atoms with E-state index >= 15 is 0 Å². The van der Waals surface area contributed by atoms with E-state index in [9.17, 15) is 9.59 Å². The van der Waals surface area contributed by atoms with Crippen LogP contribution in [0.4, 0.5) is 0 Å². The number of hydrogen-bond acceptors (Lipinski definition) is 5. The van der Waals surface area contributed by atoms with E-state index in [4.69, 9.17) is 4.74 Å². The third-order valence-corrected chi connectivity index (χ3v) is 5.64. The lowest BCUT2D eigenvalue weighted by Gasteiger charge is -2.34. The number of piperazine rings is 1. The summed E-state index contributed by atoms with van der Waals surface area (Å²) in [6, 6.07) is 10.1. The van der Waals surface area contributed by atoms with Crippen molar-refractivity contribution in [3.63, 3.8) is 0 Å². The molecule has 1 fully saturated rings. The average molecular weight is 428 g/mol. The van der Waals surface area contributed by atoms with Gasteiger partial charge in [0.1, 0.15) is 0 Å². The first kappa shape index (κ1) is 23.0. The Kier molecular flexibility index (Phi) is 8.20. The molecule has 1 aromatic carbocycles. The van der Waals surface area contributed by atoms with Crippen molar-refractivity contribution in [2.75, 3.05) is 53.0 Å². The second kappa shape index (κ2) is 11.1. The fourth-order valence-corrected chi connectivity index (χ4v) is 3.89. The van der Waals surface area contributed by atoms with E-state index < -0.39 is 0 Å². The molecule has 8 nitrogen and oxygen atoms in total. The summed E-state index contributed by atoms with van der Waals surface area (Å²) < 4.78 is 6.89. The van der Waals surface area contributed by atoms with E-state index in [0.717, 1.165) is 23.4 Å². The molecular weight excluding hydrogens is 394 g/mol. The van der Waals surface area contributed by atoms with Gasteiger partial charge in [0.2, 0.25) is 5.91 Å². The average Bonchev–Trinajstić information content (AvgIpc) is 3.05. The number of carbonyl (C=O) groups is 2. The minimum absolute atomic E-state index is 0.0183. The Morgan fingerprint density at radius 2 is 1.81 bits per heavy atom. The van der Waals surface area contributed by atoms with Crippen LogP contribution in [-0.4, -0.2) is 84.4 Å². The number of amides is 2. The van der Waals surface area contributed by atoms with E-state index in [1.165, 1.54) is 0 Å². The number of carbonyl (C=O) groups excluding carboxylic acids is 2. The molecule has 0 atom stereocenters. The zero-order chi connectivity index (χ0) is 22.2.